The van der Waals surface area contributed by atoms with Gasteiger partial charge in [0.1, 0.15) is 11.5 Å². The molecule has 1 heterocycles. The number of nitrogens with one attached hydrogen (secondary N) is 1. The second kappa shape index (κ2) is 5.25. The average Bonchev–Trinajstić information content (AvgIpc) is 2.56. The van der Waals surface area contributed by atoms with Crippen molar-refractivity contribution in [3.63, 3.8) is 0 Å². The molecule has 0 unspecified atom stereocenters. The molecule has 0 saturated heterocycles. The lowest BCUT2D eigenvalue weighted by molar-refractivity contribution is -0.120. The second-order valence-electron chi connectivity index (χ2n) is 3.25. The first kappa shape index (κ1) is 13.6. The highest BCUT2D eigenvalue weighted by Gasteiger charge is 2.19. The minimum atomic E-state index is -3.92. The van der Waals surface area contributed by atoms with E-state index in [1.54, 1.807) is 6.92 Å². The van der Waals surface area contributed by atoms with Crippen LogP contribution >= 0.6 is 0 Å². The molecule has 0 aliphatic carbocycles. The van der Waals surface area contributed by atoms with Crippen molar-refractivity contribution < 1.29 is 17.9 Å². The van der Waals surface area contributed by atoms with Crippen LogP contribution in [0.5, 0.6) is 0 Å². The van der Waals surface area contributed by atoms with Gasteiger partial charge >= 0.3 is 0 Å². The van der Waals surface area contributed by atoms with Crippen molar-refractivity contribution in [1.82, 2.24) is 9.78 Å². The Labute approximate surface area is 98.8 Å². The van der Waals surface area contributed by atoms with Crippen molar-refractivity contribution in [2.24, 2.45) is 12.2 Å². The average molecular weight is 262 g/mol. The number of amides is 1. The Hall–Kier alpha value is -1.45. The topological polar surface area (TPSA) is 116 Å². The maximum atomic E-state index is 11.3. The summed E-state index contributed by atoms with van der Waals surface area (Å²) in [6, 6.07) is 0. The summed E-state index contributed by atoms with van der Waals surface area (Å²) >= 11 is 0. The summed E-state index contributed by atoms with van der Waals surface area (Å²) in [5.41, 5.74) is 0. The molecule has 1 rings (SSSR count). The molecule has 1 aromatic heterocycles. The van der Waals surface area contributed by atoms with Gasteiger partial charge in [0.25, 0.3) is 5.91 Å². The van der Waals surface area contributed by atoms with Crippen LogP contribution in [0.25, 0.3) is 0 Å². The Balaban J connectivity index is 2.88. The number of carbonyl (C=O) groups excluding carboxylic acids is 1. The molecule has 8 nitrogen and oxygen atoms in total. The van der Waals surface area contributed by atoms with Crippen LogP contribution in [0.4, 0.5) is 5.82 Å². The van der Waals surface area contributed by atoms with E-state index >= 15 is 0 Å². The highest BCUT2D eigenvalue weighted by Crippen LogP contribution is 2.16. The molecule has 1 aromatic rings. The van der Waals surface area contributed by atoms with Crippen molar-refractivity contribution in [1.29, 1.82) is 0 Å². The molecule has 0 saturated carbocycles. The van der Waals surface area contributed by atoms with Crippen LogP contribution in [-0.4, -0.2) is 37.3 Å². The molecular formula is C8H14N4O4S. The van der Waals surface area contributed by atoms with Crippen molar-refractivity contribution in [2.45, 2.75) is 11.8 Å². The zero-order chi connectivity index (χ0) is 13.1. The van der Waals surface area contributed by atoms with Crippen molar-refractivity contribution in [3.8, 4) is 0 Å². The third-order valence-electron chi connectivity index (χ3n) is 1.80. The molecule has 1 amide bonds. The molecule has 9 heteroatoms. The fourth-order valence-corrected chi connectivity index (χ4v) is 1.79. The van der Waals surface area contributed by atoms with Gasteiger partial charge in [-0.3, -0.25) is 9.48 Å². The van der Waals surface area contributed by atoms with Gasteiger partial charge in [-0.2, -0.15) is 5.10 Å². The molecular weight excluding hydrogens is 248 g/mol. The van der Waals surface area contributed by atoms with Crippen LogP contribution in [-0.2, 0) is 26.6 Å². The molecule has 0 aliphatic rings. The zero-order valence-corrected chi connectivity index (χ0v) is 10.3. The summed E-state index contributed by atoms with van der Waals surface area (Å²) in [5.74, 6) is -0.588. The normalized spacial score (nSPS) is 11.5. The molecule has 0 aliphatic heterocycles. The standard InChI is InChI=1S/C8H14N4O4S/c1-3-16-5-7(13)10-8-6(17(9,14)15)4-12(2)11-8/h4H,3,5H2,1-2H3,(H2,9,14,15)(H,10,11,13). The summed E-state index contributed by atoms with van der Waals surface area (Å²) in [5, 5.41) is 11.1. The van der Waals surface area contributed by atoms with Crippen LogP contribution in [0, 0.1) is 0 Å². The highest BCUT2D eigenvalue weighted by molar-refractivity contribution is 7.89. The van der Waals surface area contributed by atoms with E-state index in [-0.39, 0.29) is 17.3 Å². The first-order chi connectivity index (χ1) is 7.84. The van der Waals surface area contributed by atoms with E-state index in [0.29, 0.717) is 6.61 Å². The van der Waals surface area contributed by atoms with Crippen LogP contribution in [0.15, 0.2) is 11.1 Å². The first-order valence-electron chi connectivity index (χ1n) is 4.78. The highest BCUT2D eigenvalue weighted by atomic mass is 32.2. The van der Waals surface area contributed by atoms with Crippen molar-refractivity contribution >= 4 is 21.7 Å². The maximum absolute atomic E-state index is 11.3. The number of sulfonamides is 1. The van der Waals surface area contributed by atoms with Crippen LogP contribution < -0.4 is 10.5 Å². The number of rotatable bonds is 5. The largest absolute Gasteiger partial charge is 0.372 e. The van der Waals surface area contributed by atoms with Gasteiger partial charge in [0.05, 0.1) is 0 Å². The number of aromatic nitrogens is 2. The molecule has 17 heavy (non-hydrogen) atoms. The Bertz CT molecular complexity index is 508. The van der Waals surface area contributed by atoms with Gasteiger partial charge in [-0.15, -0.1) is 0 Å². The lowest BCUT2D eigenvalue weighted by Gasteiger charge is -2.03. The third kappa shape index (κ3) is 3.80. The predicted octanol–water partition coefficient (Wildman–Crippen LogP) is -0.957. The van der Waals surface area contributed by atoms with Gasteiger partial charge in [-0.1, -0.05) is 0 Å². The number of primary sulfonamides is 1. The maximum Gasteiger partial charge on any atom is 0.251 e. The fourth-order valence-electron chi connectivity index (χ4n) is 1.12. The van der Waals surface area contributed by atoms with Gasteiger partial charge in [0.15, 0.2) is 5.82 Å². The number of nitrogens with zero attached hydrogens (tertiary/aromatic N) is 2. The third-order valence-corrected chi connectivity index (χ3v) is 2.71. The summed E-state index contributed by atoms with van der Waals surface area (Å²) in [6.07, 6.45) is 1.21. The lowest BCUT2D eigenvalue weighted by Crippen LogP contribution is -2.21. The zero-order valence-electron chi connectivity index (χ0n) is 9.50. The smallest absolute Gasteiger partial charge is 0.251 e. The number of ether oxygens (including phenoxy) is 1. The fraction of sp³-hybridized carbons (Fsp3) is 0.500. The summed E-state index contributed by atoms with van der Waals surface area (Å²) in [4.78, 5) is 11.1. The summed E-state index contributed by atoms with van der Waals surface area (Å²) in [7, 11) is -2.40. The molecule has 0 fully saturated rings. The Morgan fingerprint density at radius 2 is 2.29 bits per heavy atom. The lowest BCUT2D eigenvalue weighted by atomic mass is 10.5. The van der Waals surface area contributed by atoms with Crippen LogP contribution in [0.1, 0.15) is 6.92 Å². The van der Waals surface area contributed by atoms with E-state index < -0.39 is 15.9 Å². The number of aryl methyl sites for hydroxylation is 1. The number of nitrogens with two attached hydrogens (primary N) is 1. The van der Waals surface area contributed by atoms with Crippen LogP contribution in [0.2, 0.25) is 0 Å². The Morgan fingerprint density at radius 1 is 1.65 bits per heavy atom. The Morgan fingerprint density at radius 3 is 2.82 bits per heavy atom. The predicted molar refractivity (Wildman–Crippen MR) is 59.7 cm³/mol. The molecule has 0 aromatic carbocycles. The monoisotopic (exact) mass is 262 g/mol. The van der Waals surface area contributed by atoms with Crippen molar-refractivity contribution in [2.75, 3.05) is 18.5 Å². The first-order valence-corrected chi connectivity index (χ1v) is 6.33. The van der Waals surface area contributed by atoms with Crippen molar-refractivity contribution in [3.05, 3.63) is 6.20 Å². The Kier molecular flexibility index (Phi) is 4.21. The molecule has 0 spiro atoms. The quantitative estimate of drug-likeness (QED) is 0.709. The molecule has 0 bridgehead atoms. The van der Waals surface area contributed by atoms with Gasteiger partial charge in [-0.25, -0.2) is 13.6 Å². The van der Waals surface area contributed by atoms with Gasteiger partial charge in [-0.05, 0) is 6.92 Å². The number of hydrogen-bond donors (Lipinski definition) is 2. The van der Waals surface area contributed by atoms with Gasteiger partial charge in [0, 0.05) is 19.9 Å². The molecule has 0 radical (unpaired) electrons. The van der Waals surface area contributed by atoms with E-state index in [1.807, 2.05) is 0 Å². The minimum absolute atomic E-state index is 0.0975. The number of hydrogen-bond acceptors (Lipinski definition) is 5. The SMILES string of the molecule is CCOCC(=O)Nc1nn(C)cc1S(N)(=O)=O. The van der Waals surface area contributed by atoms with E-state index in [0.717, 1.165) is 0 Å². The van der Waals surface area contributed by atoms with Gasteiger partial charge < -0.3 is 10.1 Å². The molecule has 96 valence electrons. The minimum Gasteiger partial charge on any atom is -0.372 e. The van der Waals surface area contributed by atoms with E-state index in [1.165, 1.54) is 17.9 Å². The van der Waals surface area contributed by atoms with E-state index in [9.17, 15) is 13.2 Å². The van der Waals surface area contributed by atoms with Gasteiger partial charge in [0.2, 0.25) is 10.0 Å². The molecule has 0 atom stereocenters. The van der Waals surface area contributed by atoms with Crippen LogP contribution in [0.3, 0.4) is 0 Å². The number of carbonyl (C=O) groups is 1. The number of anilines is 1. The molecule has 3 N–H and O–H groups in total. The summed E-state index contributed by atoms with van der Waals surface area (Å²) in [6.45, 7) is 1.96. The second-order valence-corrected chi connectivity index (χ2v) is 4.78. The van der Waals surface area contributed by atoms with E-state index in [2.05, 4.69) is 10.4 Å². The van der Waals surface area contributed by atoms with E-state index in [4.69, 9.17) is 9.88 Å². The summed E-state index contributed by atoms with van der Waals surface area (Å²) < 4.78 is 28.5.